The number of amides is 1. The van der Waals surface area contributed by atoms with Crippen LogP contribution in [0.15, 0.2) is 24.3 Å². The van der Waals surface area contributed by atoms with E-state index in [0.29, 0.717) is 33.0 Å². The summed E-state index contributed by atoms with van der Waals surface area (Å²) < 4.78 is 21.0. The molecule has 1 amide bonds. The zero-order valence-corrected chi connectivity index (χ0v) is 15.1. The van der Waals surface area contributed by atoms with Crippen molar-refractivity contribution in [3.05, 3.63) is 29.8 Å². The first-order valence-corrected chi connectivity index (χ1v) is 8.16. The van der Waals surface area contributed by atoms with E-state index in [1.165, 1.54) is 0 Å². The zero-order valence-electron chi connectivity index (χ0n) is 15.1. The molecule has 0 saturated carbocycles. The summed E-state index contributed by atoms with van der Waals surface area (Å²) in [5, 5.41) is 2.74. The lowest BCUT2D eigenvalue weighted by Crippen LogP contribution is -2.33. The highest BCUT2D eigenvalue weighted by atomic mass is 16.6. The lowest BCUT2D eigenvalue weighted by molar-refractivity contribution is 0.0528. The van der Waals surface area contributed by atoms with Crippen molar-refractivity contribution in [3.8, 4) is 5.75 Å². The highest BCUT2D eigenvalue weighted by Gasteiger charge is 2.15. The molecule has 0 saturated heterocycles. The maximum atomic E-state index is 11.5. The highest BCUT2D eigenvalue weighted by molar-refractivity contribution is 5.67. The van der Waals surface area contributed by atoms with Crippen LogP contribution in [0.4, 0.5) is 4.79 Å². The van der Waals surface area contributed by atoms with Gasteiger partial charge in [-0.15, -0.1) is 0 Å². The maximum Gasteiger partial charge on any atom is 0.407 e. The third-order valence-corrected chi connectivity index (χ3v) is 2.93. The van der Waals surface area contributed by atoms with Crippen molar-refractivity contribution < 1.29 is 23.7 Å². The second kappa shape index (κ2) is 10.9. The fraction of sp³-hybridized carbons (Fsp3) is 0.611. The Bertz CT molecular complexity index is 467. The van der Waals surface area contributed by atoms with E-state index in [4.69, 9.17) is 18.9 Å². The van der Waals surface area contributed by atoms with Gasteiger partial charge in [0.2, 0.25) is 0 Å². The quantitative estimate of drug-likeness (QED) is 0.664. The van der Waals surface area contributed by atoms with E-state index in [1.54, 1.807) is 7.11 Å². The number of nitrogens with one attached hydrogen (secondary N) is 1. The van der Waals surface area contributed by atoms with Crippen LogP contribution in [-0.4, -0.2) is 51.8 Å². The number of rotatable bonds is 10. The SMILES string of the molecule is COCCOCCOc1ccc(CCNC(=O)OC(C)(C)C)cc1. The van der Waals surface area contributed by atoms with E-state index in [0.717, 1.165) is 17.7 Å². The molecule has 0 heterocycles. The topological polar surface area (TPSA) is 66.0 Å². The molecule has 6 heteroatoms. The van der Waals surface area contributed by atoms with Crippen LogP contribution in [0.5, 0.6) is 5.75 Å². The lowest BCUT2D eigenvalue weighted by atomic mass is 10.1. The van der Waals surface area contributed by atoms with Gasteiger partial charge in [-0.3, -0.25) is 0 Å². The fourth-order valence-electron chi connectivity index (χ4n) is 1.84. The average Bonchev–Trinajstić information content (AvgIpc) is 2.50. The number of carbonyl (C=O) groups is 1. The molecule has 0 aromatic heterocycles. The van der Waals surface area contributed by atoms with Gasteiger partial charge in [-0.25, -0.2) is 4.79 Å². The number of methoxy groups -OCH3 is 1. The molecule has 0 radical (unpaired) electrons. The van der Waals surface area contributed by atoms with Gasteiger partial charge in [0.25, 0.3) is 0 Å². The standard InChI is InChI=1S/C18H29NO5/c1-18(2,3)24-17(20)19-10-9-15-5-7-16(8-6-15)23-14-13-22-12-11-21-4/h5-8H,9-14H2,1-4H3,(H,19,20). The Hall–Kier alpha value is -1.79. The minimum absolute atomic E-state index is 0.393. The van der Waals surface area contributed by atoms with Crippen LogP contribution in [0.1, 0.15) is 26.3 Å². The number of hydrogen-bond acceptors (Lipinski definition) is 5. The molecule has 1 rings (SSSR count). The van der Waals surface area contributed by atoms with Crippen molar-refractivity contribution in [2.24, 2.45) is 0 Å². The summed E-state index contributed by atoms with van der Waals surface area (Å²) in [6, 6.07) is 7.80. The summed E-state index contributed by atoms with van der Waals surface area (Å²) in [5.41, 5.74) is 0.644. The molecule has 0 aliphatic carbocycles. The number of hydrogen-bond donors (Lipinski definition) is 1. The smallest absolute Gasteiger partial charge is 0.407 e. The Morgan fingerprint density at radius 1 is 1.04 bits per heavy atom. The summed E-state index contributed by atoms with van der Waals surface area (Å²) in [5.74, 6) is 0.800. The number of carbonyl (C=O) groups excluding carboxylic acids is 1. The van der Waals surface area contributed by atoms with E-state index in [1.807, 2.05) is 45.0 Å². The fourth-order valence-corrected chi connectivity index (χ4v) is 1.84. The molecule has 0 fully saturated rings. The second-order valence-electron chi connectivity index (χ2n) is 6.28. The van der Waals surface area contributed by atoms with E-state index in [9.17, 15) is 4.79 Å². The molecule has 1 aromatic rings. The van der Waals surface area contributed by atoms with Gasteiger partial charge in [0, 0.05) is 13.7 Å². The summed E-state index contributed by atoms with van der Waals surface area (Å²) >= 11 is 0. The number of alkyl carbamates (subject to hydrolysis) is 1. The van der Waals surface area contributed by atoms with Crippen LogP contribution < -0.4 is 10.1 Å². The Labute approximate surface area is 144 Å². The maximum absolute atomic E-state index is 11.5. The van der Waals surface area contributed by atoms with Gasteiger partial charge in [0.05, 0.1) is 19.8 Å². The Morgan fingerprint density at radius 3 is 2.33 bits per heavy atom. The zero-order chi connectivity index (χ0) is 17.8. The predicted molar refractivity (Wildman–Crippen MR) is 92.6 cm³/mol. The molecule has 0 unspecified atom stereocenters. The van der Waals surface area contributed by atoms with E-state index < -0.39 is 11.7 Å². The first-order chi connectivity index (χ1) is 11.4. The molecule has 136 valence electrons. The Kier molecular flexibility index (Phi) is 9.19. The summed E-state index contributed by atoms with van der Waals surface area (Å²) in [6.07, 6.45) is 0.343. The Balaban J connectivity index is 2.19. The second-order valence-corrected chi connectivity index (χ2v) is 6.28. The first-order valence-electron chi connectivity index (χ1n) is 8.16. The lowest BCUT2D eigenvalue weighted by Gasteiger charge is -2.19. The highest BCUT2D eigenvalue weighted by Crippen LogP contribution is 2.12. The minimum atomic E-state index is -0.476. The van der Waals surface area contributed by atoms with Crippen LogP contribution in [0, 0.1) is 0 Å². The van der Waals surface area contributed by atoms with Crippen LogP contribution in [-0.2, 0) is 20.6 Å². The van der Waals surface area contributed by atoms with Gasteiger partial charge in [-0.2, -0.15) is 0 Å². The normalized spacial score (nSPS) is 11.2. The Morgan fingerprint density at radius 2 is 1.71 bits per heavy atom. The van der Waals surface area contributed by atoms with Gasteiger partial charge in [-0.1, -0.05) is 12.1 Å². The summed E-state index contributed by atoms with van der Waals surface area (Å²) in [4.78, 5) is 11.5. The number of benzene rings is 1. The van der Waals surface area contributed by atoms with Crippen molar-refractivity contribution in [2.75, 3.05) is 40.1 Å². The van der Waals surface area contributed by atoms with Crippen molar-refractivity contribution in [1.82, 2.24) is 5.32 Å². The van der Waals surface area contributed by atoms with Crippen molar-refractivity contribution >= 4 is 6.09 Å². The van der Waals surface area contributed by atoms with Crippen molar-refractivity contribution in [1.29, 1.82) is 0 Å². The minimum Gasteiger partial charge on any atom is -0.491 e. The van der Waals surface area contributed by atoms with Gasteiger partial charge in [0.1, 0.15) is 18.0 Å². The van der Waals surface area contributed by atoms with Crippen LogP contribution in [0.2, 0.25) is 0 Å². The molecule has 1 aromatic carbocycles. The largest absolute Gasteiger partial charge is 0.491 e. The molecule has 6 nitrogen and oxygen atoms in total. The van der Waals surface area contributed by atoms with Gasteiger partial charge in [0.15, 0.2) is 0 Å². The monoisotopic (exact) mass is 339 g/mol. The average molecular weight is 339 g/mol. The van der Waals surface area contributed by atoms with Crippen LogP contribution >= 0.6 is 0 Å². The number of ether oxygens (including phenoxy) is 4. The molecule has 0 aliphatic heterocycles. The van der Waals surface area contributed by atoms with E-state index in [-0.39, 0.29) is 0 Å². The van der Waals surface area contributed by atoms with Crippen LogP contribution in [0.25, 0.3) is 0 Å². The predicted octanol–water partition coefficient (Wildman–Crippen LogP) is 2.80. The molecule has 24 heavy (non-hydrogen) atoms. The first kappa shape index (κ1) is 20.3. The molecule has 0 spiro atoms. The van der Waals surface area contributed by atoms with Crippen LogP contribution in [0.3, 0.4) is 0 Å². The third kappa shape index (κ3) is 10.1. The molecule has 1 N–H and O–H groups in total. The molecular weight excluding hydrogens is 310 g/mol. The molecule has 0 aliphatic rings. The van der Waals surface area contributed by atoms with E-state index >= 15 is 0 Å². The molecule has 0 bridgehead atoms. The van der Waals surface area contributed by atoms with Crippen molar-refractivity contribution in [3.63, 3.8) is 0 Å². The molecule has 0 atom stereocenters. The van der Waals surface area contributed by atoms with Gasteiger partial charge in [-0.05, 0) is 44.9 Å². The van der Waals surface area contributed by atoms with Gasteiger partial charge >= 0.3 is 6.09 Å². The summed E-state index contributed by atoms with van der Waals surface area (Å²) in [6.45, 7) is 8.25. The third-order valence-electron chi connectivity index (χ3n) is 2.93. The van der Waals surface area contributed by atoms with Gasteiger partial charge < -0.3 is 24.3 Å². The van der Waals surface area contributed by atoms with E-state index in [2.05, 4.69) is 5.32 Å². The summed E-state index contributed by atoms with van der Waals surface area (Å²) in [7, 11) is 1.64. The van der Waals surface area contributed by atoms with Crippen molar-refractivity contribution in [2.45, 2.75) is 32.8 Å². The molecular formula is C18H29NO5.